The van der Waals surface area contributed by atoms with Gasteiger partial charge in [-0.15, -0.1) is 0 Å². The Hall–Kier alpha value is -4.53. The Kier molecular flexibility index (Phi) is 9.09. The molecule has 5 unspecified atom stereocenters. The Morgan fingerprint density at radius 3 is 1.80 bits per heavy atom. The number of hydrogen-bond acceptors (Lipinski definition) is 15. The van der Waals surface area contributed by atoms with E-state index in [1.807, 2.05) is 0 Å². The summed E-state index contributed by atoms with van der Waals surface area (Å²) >= 11 is 0. The molecule has 2 aliphatic heterocycles. The van der Waals surface area contributed by atoms with Gasteiger partial charge in [0.15, 0.2) is 29.8 Å². The van der Waals surface area contributed by atoms with E-state index in [-0.39, 0.29) is 11.1 Å². The van der Waals surface area contributed by atoms with E-state index in [2.05, 4.69) is 0 Å². The van der Waals surface area contributed by atoms with Crippen LogP contribution < -0.4 is 14.2 Å². The van der Waals surface area contributed by atoms with E-state index in [0.29, 0.717) is 0 Å². The van der Waals surface area contributed by atoms with Crippen molar-refractivity contribution in [3.63, 3.8) is 0 Å². The van der Waals surface area contributed by atoms with Gasteiger partial charge in [-0.25, -0.2) is 4.79 Å². The molecule has 15 nitrogen and oxygen atoms in total. The van der Waals surface area contributed by atoms with Crippen molar-refractivity contribution in [3.8, 4) is 17.2 Å². The van der Waals surface area contributed by atoms with Crippen molar-refractivity contribution in [1.82, 2.24) is 0 Å². The summed E-state index contributed by atoms with van der Waals surface area (Å²) < 4.78 is 43.0. The third-order valence-corrected chi connectivity index (χ3v) is 5.42. The second-order valence-electron chi connectivity index (χ2n) is 8.69. The Morgan fingerprint density at radius 1 is 0.725 bits per heavy atom. The van der Waals surface area contributed by atoms with Crippen LogP contribution in [0.3, 0.4) is 0 Å². The summed E-state index contributed by atoms with van der Waals surface area (Å²) in [6.07, 6.45) is -7.13. The van der Waals surface area contributed by atoms with Crippen LogP contribution in [0.25, 0.3) is 0 Å². The fourth-order valence-corrected chi connectivity index (χ4v) is 4.25. The van der Waals surface area contributed by atoms with Crippen molar-refractivity contribution >= 4 is 41.8 Å². The molecule has 0 aliphatic carbocycles. The molecule has 216 valence electrons. The Balaban J connectivity index is 2.30. The van der Waals surface area contributed by atoms with E-state index in [9.17, 15) is 33.6 Å². The second kappa shape index (κ2) is 12.1. The summed E-state index contributed by atoms with van der Waals surface area (Å²) in [5.41, 5.74) is -0.516. The second-order valence-corrected chi connectivity index (χ2v) is 8.69. The molecule has 0 saturated carbocycles. The Bertz CT molecular complexity index is 1270. The molecule has 1 aromatic carbocycles. The number of benzene rings is 1. The summed E-state index contributed by atoms with van der Waals surface area (Å²) in [5, 5.41) is 0. The van der Waals surface area contributed by atoms with Crippen LogP contribution in [-0.2, 0) is 52.5 Å². The fraction of sp³-hybridized carbons (Fsp3) is 0.480. The van der Waals surface area contributed by atoms with Gasteiger partial charge >= 0.3 is 41.8 Å². The van der Waals surface area contributed by atoms with E-state index in [1.54, 1.807) is 0 Å². The zero-order chi connectivity index (χ0) is 29.9. The topological polar surface area (TPSA) is 193 Å². The van der Waals surface area contributed by atoms with Crippen LogP contribution in [0.1, 0.15) is 63.6 Å². The first kappa shape index (κ1) is 30.0. The number of hydrogen-bond donors (Lipinski definition) is 0. The molecule has 1 saturated heterocycles. The number of ether oxygens (including phenoxy) is 8. The molecule has 2 heterocycles. The van der Waals surface area contributed by atoms with Gasteiger partial charge in [-0.05, 0) is 6.07 Å². The van der Waals surface area contributed by atoms with Gasteiger partial charge in [0, 0.05) is 47.1 Å². The zero-order valence-electron chi connectivity index (χ0n) is 22.3. The van der Waals surface area contributed by atoms with Crippen molar-refractivity contribution in [2.75, 3.05) is 6.61 Å². The molecule has 0 aromatic heterocycles. The SMILES string of the molecule is CC(=O)OCC1OC2c3c(cc(OC(C)=O)c(OC(C)=O)c3OC(C)=O)C(=O)OC2C(OC(C)=O)C1OC(C)=O. The van der Waals surface area contributed by atoms with E-state index < -0.39 is 96.2 Å². The predicted octanol–water partition coefficient (Wildman–Crippen LogP) is 0.868. The fourth-order valence-electron chi connectivity index (χ4n) is 4.25. The van der Waals surface area contributed by atoms with Gasteiger partial charge in [-0.1, -0.05) is 0 Å². The highest BCUT2D eigenvalue weighted by Crippen LogP contribution is 2.52. The highest BCUT2D eigenvalue weighted by molar-refractivity contribution is 5.96. The first-order chi connectivity index (χ1) is 18.7. The number of esters is 7. The average molecular weight is 566 g/mol. The molecule has 0 amide bonds. The predicted molar refractivity (Wildman–Crippen MR) is 125 cm³/mol. The van der Waals surface area contributed by atoms with Crippen LogP contribution >= 0.6 is 0 Å². The van der Waals surface area contributed by atoms with Crippen LogP contribution in [0, 0.1) is 0 Å². The van der Waals surface area contributed by atoms with Gasteiger partial charge in [-0.3, -0.25) is 28.8 Å². The smallest absolute Gasteiger partial charge is 0.339 e. The number of carbonyl (C=O) groups excluding carboxylic acids is 7. The summed E-state index contributed by atoms with van der Waals surface area (Å²) in [4.78, 5) is 84.6. The first-order valence-electron chi connectivity index (χ1n) is 11.8. The normalized spacial score (nSPS) is 22.9. The van der Waals surface area contributed by atoms with E-state index in [0.717, 1.165) is 47.6 Å². The van der Waals surface area contributed by atoms with Crippen LogP contribution in [0.15, 0.2) is 6.07 Å². The minimum absolute atomic E-state index is 0.199. The molecule has 0 spiro atoms. The standard InChI is InChI=1S/C25H26O15/c1-9(26)33-8-17-20(36-12(4)29)23(38-14(6)31)24-22(39-17)18-15(25(32)40-24)7-16(34-10(2)27)19(35-11(3)28)21(18)37-13(5)30/h7,17,20,22-24H,8H2,1-6H3. The van der Waals surface area contributed by atoms with Crippen molar-refractivity contribution in [2.45, 2.75) is 72.1 Å². The maximum absolute atomic E-state index is 13.2. The summed E-state index contributed by atoms with van der Waals surface area (Å²) in [7, 11) is 0. The van der Waals surface area contributed by atoms with Gasteiger partial charge in [0.05, 0.1) is 5.56 Å². The lowest BCUT2D eigenvalue weighted by molar-refractivity contribution is -0.251. The maximum Gasteiger partial charge on any atom is 0.339 e. The monoisotopic (exact) mass is 566 g/mol. The Labute approximate surface area is 226 Å². The van der Waals surface area contributed by atoms with E-state index in [4.69, 9.17) is 37.9 Å². The van der Waals surface area contributed by atoms with Crippen molar-refractivity contribution < 1.29 is 71.5 Å². The molecule has 1 fully saturated rings. The van der Waals surface area contributed by atoms with Gasteiger partial charge in [0.25, 0.3) is 0 Å². The molecule has 3 rings (SSSR count). The van der Waals surface area contributed by atoms with Gasteiger partial charge in [-0.2, -0.15) is 0 Å². The molecule has 0 bridgehead atoms. The number of rotatable bonds is 7. The van der Waals surface area contributed by atoms with Gasteiger partial charge < -0.3 is 37.9 Å². The van der Waals surface area contributed by atoms with Gasteiger partial charge in [0.1, 0.15) is 18.8 Å². The minimum Gasteiger partial charge on any atom is -0.463 e. The third-order valence-electron chi connectivity index (χ3n) is 5.42. The number of fused-ring (bicyclic) bond motifs is 3. The quantitative estimate of drug-likeness (QED) is 0.256. The highest BCUT2D eigenvalue weighted by Gasteiger charge is 2.56. The van der Waals surface area contributed by atoms with Crippen molar-refractivity contribution in [3.05, 3.63) is 17.2 Å². The summed E-state index contributed by atoms with van der Waals surface area (Å²) in [5.74, 6) is -7.63. The minimum atomic E-state index is -1.50. The van der Waals surface area contributed by atoms with E-state index >= 15 is 0 Å². The molecular formula is C25H26O15. The average Bonchev–Trinajstić information content (AvgIpc) is 2.80. The molecule has 1 aromatic rings. The lowest BCUT2D eigenvalue weighted by atomic mass is 9.85. The van der Waals surface area contributed by atoms with Crippen molar-refractivity contribution in [2.24, 2.45) is 0 Å². The molecule has 0 N–H and O–H groups in total. The maximum atomic E-state index is 13.2. The summed E-state index contributed by atoms with van der Waals surface area (Å²) in [6.45, 7) is 5.84. The molecule has 15 heteroatoms. The molecule has 40 heavy (non-hydrogen) atoms. The highest BCUT2D eigenvalue weighted by atomic mass is 16.7. The lowest BCUT2D eigenvalue weighted by Crippen LogP contribution is -2.60. The van der Waals surface area contributed by atoms with Crippen LogP contribution in [0.5, 0.6) is 17.2 Å². The van der Waals surface area contributed by atoms with Crippen LogP contribution in [0.4, 0.5) is 0 Å². The third kappa shape index (κ3) is 6.72. The largest absolute Gasteiger partial charge is 0.463 e. The van der Waals surface area contributed by atoms with Crippen LogP contribution in [-0.4, -0.2) is 72.8 Å². The lowest BCUT2D eigenvalue weighted by Gasteiger charge is -2.46. The molecule has 0 radical (unpaired) electrons. The summed E-state index contributed by atoms with van der Waals surface area (Å²) in [6, 6.07) is 1.02. The van der Waals surface area contributed by atoms with Crippen LogP contribution in [0.2, 0.25) is 0 Å². The Morgan fingerprint density at radius 2 is 1.27 bits per heavy atom. The molecule has 2 aliphatic rings. The van der Waals surface area contributed by atoms with Gasteiger partial charge in [0.2, 0.25) is 5.75 Å². The molecule has 5 atom stereocenters. The first-order valence-corrected chi connectivity index (χ1v) is 11.8. The van der Waals surface area contributed by atoms with Crippen molar-refractivity contribution in [1.29, 1.82) is 0 Å². The number of carbonyl (C=O) groups is 7. The van der Waals surface area contributed by atoms with E-state index in [1.165, 1.54) is 0 Å². The molecular weight excluding hydrogens is 540 g/mol. The zero-order valence-corrected chi connectivity index (χ0v) is 22.3.